The second-order valence-corrected chi connectivity index (χ2v) is 4.16. The number of nitrogens with one attached hydrogen (secondary N) is 1. The van der Waals surface area contributed by atoms with Crippen LogP contribution in [0.3, 0.4) is 0 Å². The van der Waals surface area contributed by atoms with Crippen molar-refractivity contribution in [1.29, 1.82) is 0 Å². The molecule has 0 radical (unpaired) electrons. The Bertz CT molecular complexity index is 574. The molecule has 0 aliphatic heterocycles. The second-order valence-electron chi connectivity index (χ2n) is 4.16. The third-order valence-corrected chi connectivity index (χ3v) is 3.03. The van der Waals surface area contributed by atoms with E-state index in [1.807, 2.05) is 19.1 Å². The van der Waals surface area contributed by atoms with E-state index in [0.29, 0.717) is 11.3 Å². The standard InChI is InChI=1S/C14H16FN3O/c1-9-11(4-3-7-17-9)14(18-16)12-8-10(15)5-6-13(12)19-2/h3-8,14,18H,16H2,1-2H3. The zero-order valence-corrected chi connectivity index (χ0v) is 10.9. The fourth-order valence-corrected chi connectivity index (χ4v) is 2.08. The summed E-state index contributed by atoms with van der Waals surface area (Å²) < 4.78 is 18.7. The number of nitrogens with zero attached hydrogens (tertiary/aromatic N) is 1. The molecule has 0 fully saturated rings. The number of hydrogen-bond acceptors (Lipinski definition) is 4. The van der Waals surface area contributed by atoms with Crippen LogP contribution in [0.25, 0.3) is 0 Å². The van der Waals surface area contributed by atoms with Gasteiger partial charge in [-0.1, -0.05) is 6.07 Å². The Balaban J connectivity index is 2.54. The molecule has 3 N–H and O–H groups in total. The van der Waals surface area contributed by atoms with E-state index >= 15 is 0 Å². The van der Waals surface area contributed by atoms with Crippen LogP contribution in [0.1, 0.15) is 22.9 Å². The highest BCUT2D eigenvalue weighted by Crippen LogP contribution is 2.31. The summed E-state index contributed by atoms with van der Waals surface area (Å²) in [5.41, 5.74) is 5.04. The molecule has 0 amide bonds. The smallest absolute Gasteiger partial charge is 0.124 e. The van der Waals surface area contributed by atoms with Crippen molar-refractivity contribution in [2.75, 3.05) is 7.11 Å². The maximum Gasteiger partial charge on any atom is 0.124 e. The van der Waals surface area contributed by atoms with Gasteiger partial charge in [0.05, 0.1) is 13.2 Å². The molecule has 0 saturated heterocycles. The third-order valence-electron chi connectivity index (χ3n) is 3.03. The number of benzene rings is 1. The van der Waals surface area contributed by atoms with Crippen molar-refractivity contribution < 1.29 is 9.13 Å². The first kappa shape index (κ1) is 13.5. The molecule has 100 valence electrons. The zero-order valence-electron chi connectivity index (χ0n) is 10.9. The van der Waals surface area contributed by atoms with Crippen LogP contribution in [0, 0.1) is 12.7 Å². The molecule has 19 heavy (non-hydrogen) atoms. The van der Waals surface area contributed by atoms with E-state index in [2.05, 4.69) is 10.4 Å². The first-order valence-electron chi connectivity index (χ1n) is 5.88. The zero-order chi connectivity index (χ0) is 13.8. The van der Waals surface area contributed by atoms with Gasteiger partial charge in [0.15, 0.2) is 0 Å². The van der Waals surface area contributed by atoms with Gasteiger partial charge in [-0.25, -0.2) is 9.82 Å². The number of nitrogens with two attached hydrogens (primary N) is 1. The number of pyridine rings is 1. The van der Waals surface area contributed by atoms with Crippen LogP contribution in [0.5, 0.6) is 5.75 Å². The van der Waals surface area contributed by atoms with Gasteiger partial charge in [-0.15, -0.1) is 0 Å². The predicted molar refractivity (Wildman–Crippen MR) is 71.1 cm³/mol. The van der Waals surface area contributed by atoms with Gasteiger partial charge < -0.3 is 4.74 Å². The summed E-state index contributed by atoms with van der Waals surface area (Å²) in [7, 11) is 1.54. The fourth-order valence-electron chi connectivity index (χ4n) is 2.08. The maximum absolute atomic E-state index is 13.5. The van der Waals surface area contributed by atoms with Crippen LogP contribution < -0.4 is 16.0 Å². The van der Waals surface area contributed by atoms with Crippen molar-refractivity contribution in [1.82, 2.24) is 10.4 Å². The Morgan fingerprint density at radius 1 is 1.32 bits per heavy atom. The van der Waals surface area contributed by atoms with E-state index in [-0.39, 0.29) is 11.9 Å². The Kier molecular flexibility index (Phi) is 4.09. The Labute approximate surface area is 111 Å². The molecule has 5 heteroatoms. The van der Waals surface area contributed by atoms with Crippen molar-refractivity contribution in [2.45, 2.75) is 13.0 Å². The molecule has 1 aromatic carbocycles. The molecule has 0 spiro atoms. The summed E-state index contributed by atoms with van der Waals surface area (Å²) in [6.07, 6.45) is 1.70. The molecule has 4 nitrogen and oxygen atoms in total. The van der Waals surface area contributed by atoms with Crippen molar-refractivity contribution >= 4 is 0 Å². The van der Waals surface area contributed by atoms with Crippen molar-refractivity contribution in [3.63, 3.8) is 0 Å². The summed E-state index contributed by atoms with van der Waals surface area (Å²) in [6, 6.07) is 7.69. The average Bonchev–Trinajstić information content (AvgIpc) is 2.42. The number of hydrazine groups is 1. The lowest BCUT2D eigenvalue weighted by Crippen LogP contribution is -2.30. The topological polar surface area (TPSA) is 60.2 Å². The first-order chi connectivity index (χ1) is 9.17. The lowest BCUT2D eigenvalue weighted by molar-refractivity contribution is 0.402. The lowest BCUT2D eigenvalue weighted by Gasteiger charge is -2.20. The quantitative estimate of drug-likeness (QED) is 0.653. The van der Waals surface area contributed by atoms with Crippen molar-refractivity contribution in [2.24, 2.45) is 5.84 Å². The average molecular weight is 261 g/mol. The van der Waals surface area contributed by atoms with Crippen LogP contribution >= 0.6 is 0 Å². The fraction of sp³-hybridized carbons (Fsp3) is 0.214. The molecular formula is C14H16FN3O. The van der Waals surface area contributed by atoms with Crippen molar-refractivity contribution in [3.05, 3.63) is 59.2 Å². The van der Waals surface area contributed by atoms with E-state index in [0.717, 1.165) is 11.3 Å². The van der Waals surface area contributed by atoms with Crippen LogP contribution in [-0.4, -0.2) is 12.1 Å². The monoisotopic (exact) mass is 261 g/mol. The van der Waals surface area contributed by atoms with Crippen LogP contribution in [-0.2, 0) is 0 Å². The van der Waals surface area contributed by atoms with E-state index < -0.39 is 0 Å². The minimum absolute atomic E-state index is 0.336. The molecule has 1 heterocycles. The lowest BCUT2D eigenvalue weighted by atomic mass is 9.97. The van der Waals surface area contributed by atoms with Gasteiger partial charge in [0.1, 0.15) is 11.6 Å². The van der Waals surface area contributed by atoms with E-state index in [9.17, 15) is 4.39 Å². The summed E-state index contributed by atoms with van der Waals surface area (Å²) in [5.74, 6) is 5.86. The highest BCUT2D eigenvalue weighted by Gasteiger charge is 2.19. The minimum atomic E-state index is -0.376. The van der Waals surface area contributed by atoms with Gasteiger partial charge in [-0.2, -0.15) is 0 Å². The molecule has 2 aromatic rings. The Morgan fingerprint density at radius 3 is 2.74 bits per heavy atom. The second kappa shape index (κ2) is 5.77. The van der Waals surface area contributed by atoms with E-state index in [1.54, 1.807) is 19.4 Å². The minimum Gasteiger partial charge on any atom is -0.496 e. The molecular weight excluding hydrogens is 245 g/mol. The Morgan fingerprint density at radius 2 is 2.11 bits per heavy atom. The molecule has 0 saturated carbocycles. The number of methoxy groups -OCH3 is 1. The van der Waals surface area contributed by atoms with Crippen molar-refractivity contribution in [3.8, 4) is 5.75 Å². The largest absolute Gasteiger partial charge is 0.496 e. The highest BCUT2D eigenvalue weighted by atomic mass is 19.1. The summed E-state index contributed by atoms with van der Waals surface area (Å²) in [4.78, 5) is 4.22. The number of aromatic nitrogens is 1. The number of aryl methyl sites for hydroxylation is 1. The van der Waals surface area contributed by atoms with E-state index in [4.69, 9.17) is 10.6 Å². The molecule has 0 aliphatic carbocycles. The normalized spacial score (nSPS) is 12.2. The number of ether oxygens (including phenoxy) is 1. The van der Waals surface area contributed by atoms with E-state index in [1.165, 1.54) is 12.1 Å². The predicted octanol–water partition coefficient (Wildman–Crippen LogP) is 2.09. The molecule has 2 rings (SSSR count). The van der Waals surface area contributed by atoms with Gasteiger partial charge in [-0.05, 0) is 36.8 Å². The van der Waals surface area contributed by atoms with Crippen LogP contribution in [0.4, 0.5) is 4.39 Å². The number of halogens is 1. The summed E-state index contributed by atoms with van der Waals surface area (Å²) in [6.45, 7) is 1.88. The molecule has 0 bridgehead atoms. The van der Waals surface area contributed by atoms with Gasteiger partial charge >= 0.3 is 0 Å². The molecule has 1 unspecified atom stereocenters. The highest BCUT2D eigenvalue weighted by molar-refractivity contribution is 5.42. The molecule has 1 aromatic heterocycles. The van der Waals surface area contributed by atoms with Gasteiger partial charge in [0, 0.05) is 17.5 Å². The van der Waals surface area contributed by atoms with Gasteiger partial charge in [0.2, 0.25) is 0 Å². The molecule has 0 aliphatic rings. The molecule has 1 atom stereocenters. The summed E-state index contributed by atoms with van der Waals surface area (Å²) in [5, 5.41) is 0. The van der Waals surface area contributed by atoms with Crippen LogP contribution in [0.2, 0.25) is 0 Å². The first-order valence-corrected chi connectivity index (χ1v) is 5.88. The number of rotatable bonds is 4. The third kappa shape index (κ3) is 2.72. The SMILES string of the molecule is COc1ccc(F)cc1C(NN)c1cccnc1C. The maximum atomic E-state index is 13.5. The number of hydrogen-bond donors (Lipinski definition) is 2. The van der Waals surface area contributed by atoms with Crippen LogP contribution in [0.15, 0.2) is 36.5 Å². The van der Waals surface area contributed by atoms with Gasteiger partial charge in [-0.3, -0.25) is 10.8 Å². The Hall–Kier alpha value is -1.98. The summed E-state index contributed by atoms with van der Waals surface area (Å²) >= 11 is 0. The van der Waals surface area contributed by atoms with Gasteiger partial charge in [0.25, 0.3) is 0 Å².